The molecular formula is C19H26N2. The maximum Gasteiger partial charge on any atom is 0.0911 e. The third-order valence-electron chi connectivity index (χ3n) is 4.99. The molecule has 1 aromatic rings. The van der Waals surface area contributed by atoms with Gasteiger partial charge < -0.3 is 0 Å². The minimum Gasteiger partial charge on any atom is -0.290 e. The first-order valence-corrected chi connectivity index (χ1v) is 8.15. The lowest BCUT2D eigenvalue weighted by molar-refractivity contribution is -0.0728. The summed E-state index contributed by atoms with van der Waals surface area (Å²) >= 11 is 0. The summed E-state index contributed by atoms with van der Waals surface area (Å²) in [6.07, 6.45) is 8.42. The Morgan fingerprint density at radius 1 is 1.33 bits per heavy atom. The molecule has 0 bridgehead atoms. The average molecular weight is 282 g/mol. The summed E-state index contributed by atoms with van der Waals surface area (Å²) in [7, 11) is 0. The van der Waals surface area contributed by atoms with Gasteiger partial charge in [0.15, 0.2) is 0 Å². The van der Waals surface area contributed by atoms with Crippen molar-refractivity contribution in [3.63, 3.8) is 0 Å². The van der Waals surface area contributed by atoms with E-state index < -0.39 is 0 Å². The van der Waals surface area contributed by atoms with Gasteiger partial charge in [0.25, 0.3) is 0 Å². The minimum absolute atomic E-state index is 0.236. The summed E-state index contributed by atoms with van der Waals surface area (Å²) in [6.45, 7) is 9.03. The largest absolute Gasteiger partial charge is 0.290 e. The summed E-state index contributed by atoms with van der Waals surface area (Å²) in [4.78, 5) is 5.14. The first kappa shape index (κ1) is 14.6. The van der Waals surface area contributed by atoms with Crippen LogP contribution >= 0.6 is 0 Å². The SMILES string of the molecule is C#CC1N(CC(C)C)CC12CCCN2Cc1ccccc1. The van der Waals surface area contributed by atoms with Crippen molar-refractivity contribution in [2.75, 3.05) is 19.6 Å². The van der Waals surface area contributed by atoms with Crippen molar-refractivity contribution in [1.82, 2.24) is 9.80 Å². The molecule has 0 N–H and O–H groups in total. The second kappa shape index (κ2) is 5.83. The van der Waals surface area contributed by atoms with Crippen molar-refractivity contribution >= 4 is 0 Å². The summed E-state index contributed by atoms with van der Waals surface area (Å²) in [5.74, 6) is 3.77. The van der Waals surface area contributed by atoms with Crippen molar-refractivity contribution in [2.45, 2.75) is 44.8 Å². The molecule has 0 radical (unpaired) electrons. The number of likely N-dealkylation sites (tertiary alicyclic amines) is 2. The van der Waals surface area contributed by atoms with E-state index in [1.807, 2.05) is 0 Å². The lowest BCUT2D eigenvalue weighted by Crippen LogP contribution is -2.74. The van der Waals surface area contributed by atoms with E-state index in [0.29, 0.717) is 12.0 Å². The number of terminal acetylenes is 1. The van der Waals surface area contributed by atoms with Gasteiger partial charge >= 0.3 is 0 Å². The van der Waals surface area contributed by atoms with E-state index >= 15 is 0 Å². The topological polar surface area (TPSA) is 6.48 Å². The molecule has 0 aliphatic carbocycles. The smallest absolute Gasteiger partial charge is 0.0911 e. The highest BCUT2D eigenvalue weighted by Gasteiger charge is 2.56. The van der Waals surface area contributed by atoms with E-state index in [9.17, 15) is 0 Å². The van der Waals surface area contributed by atoms with Gasteiger partial charge in [-0.25, -0.2) is 0 Å². The van der Waals surface area contributed by atoms with Gasteiger partial charge in [-0.3, -0.25) is 9.80 Å². The maximum absolute atomic E-state index is 5.89. The molecule has 0 aromatic heterocycles. The van der Waals surface area contributed by atoms with Crippen molar-refractivity contribution in [3.05, 3.63) is 35.9 Å². The molecule has 2 aliphatic rings. The molecule has 1 aromatic carbocycles. The van der Waals surface area contributed by atoms with Crippen LogP contribution in [0.1, 0.15) is 32.3 Å². The predicted octanol–water partition coefficient (Wildman–Crippen LogP) is 2.99. The Kier molecular flexibility index (Phi) is 4.06. The van der Waals surface area contributed by atoms with E-state index in [4.69, 9.17) is 6.42 Å². The highest BCUT2D eigenvalue weighted by atomic mass is 15.4. The summed E-state index contributed by atoms with van der Waals surface area (Å²) in [5.41, 5.74) is 1.64. The molecule has 2 aliphatic heterocycles. The van der Waals surface area contributed by atoms with Crippen LogP contribution in [-0.2, 0) is 6.54 Å². The normalized spacial score (nSPS) is 29.7. The second-order valence-corrected chi connectivity index (χ2v) is 7.01. The molecule has 0 amide bonds. The molecule has 3 rings (SSSR count). The van der Waals surface area contributed by atoms with Crippen LogP contribution in [-0.4, -0.2) is 41.0 Å². The van der Waals surface area contributed by atoms with E-state index in [-0.39, 0.29) is 5.54 Å². The van der Waals surface area contributed by atoms with Crippen LogP contribution in [0.25, 0.3) is 0 Å². The quantitative estimate of drug-likeness (QED) is 0.783. The van der Waals surface area contributed by atoms with E-state index in [0.717, 1.165) is 19.6 Å². The molecule has 2 nitrogen and oxygen atoms in total. The van der Waals surface area contributed by atoms with Crippen molar-refractivity contribution in [2.24, 2.45) is 5.92 Å². The minimum atomic E-state index is 0.236. The van der Waals surface area contributed by atoms with Crippen LogP contribution < -0.4 is 0 Å². The molecule has 0 saturated carbocycles. The van der Waals surface area contributed by atoms with Gasteiger partial charge in [-0.2, -0.15) is 0 Å². The monoisotopic (exact) mass is 282 g/mol. The average Bonchev–Trinajstić information content (AvgIpc) is 2.84. The van der Waals surface area contributed by atoms with Gasteiger partial charge in [-0.15, -0.1) is 6.42 Å². The van der Waals surface area contributed by atoms with Crippen LogP contribution in [0.2, 0.25) is 0 Å². The molecule has 112 valence electrons. The number of benzene rings is 1. The van der Waals surface area contributed by atoms with Crippen molar-refractivity contribution in [3.8, 4) is 12.3 Å². The Bertz CT molecular complexity index is 516. The molecule has 1 spiro atoms. The summed E-state index contributed by atoms with van der Waals surface area (Å²) < 4.78 is 0. The number of hydrogen-bond donors (Lipinski definition) is 0. The van der Waals surface area contributed by atoms with Crippen LogP contribution in [0.15, 0.2) is 30.3 Å². The first-order chi connectivity index (χ1) is 10.2. The van der Waals surface area contributed by atoms with Crippen LogP contribution in [0.5, 0.6) is 0 Å². The third kappa shape index (κ3) is 2.61. The van der Waals surface area contributed by atoms with E-state index in [1.54, 1.807) is 0 Å². The van der Waals surface area contributed by atoms with Gasteiger partial charge in [-0.05, 0) is 30.9 Å². The van der Waals surface area contributed by atoms with Gasteiger partial charge in [0, 0.05) is 19.6 Å². The van der Waals surface area contributed by atoms with Gasteiger partial charge in [-0.1, -0.05) is 50.1 Å². The number of nitrogens with zero attached hydrogens (tertiary/aromatic N) is 2. The highest BCUT2D eigenvalue weighted by Crippen LogP contribution is 2.43. The van der Waals surface area contributed by atoms with Crippen LogP contribution in [0, 0.1) is 18.3 Å². The zero-order valence-electron chi connectivity index (χ0n) is 13.3. The Balaban J connectivity index is 1.73. The molecule has 21 heavy (non-hydrogen) atoms. The summed E-state index contributed by atoms with van der Waals surface area (Å²) in [6, 6.07) is 11.1. The molecule has 2 fully saturated rings. The number of rotatable bonds is 4. The molecule has 2 heterocycles. The lowest BCUT2D eigenvalue weighted by atomic mass is 9.77. The molecular weight excluding hydrogens is 256 g/mol. The molecule has 2 heteroatoms. The Morgan fingerprint density at radius 3 is 2.76 bits per heavy atom. The lowest BCUT2D eigenvalue weighted by Gasteiger charge is -2.58. The summed E-state index contributed by atoms with van der Waals surface area (Å²) in [5, 5.41) is 0. The second-order valence-electron chi connectivity index (χ2n) is 7.01. The van der Waals surface area contributed by atoms with E-state index in [2.05, 4.69) is 59.9 Å². The number of hydrogen-bond acceptors (Lipinski definition) is 2. The van der Waals surface area contributed by atoms with Crippen LogP contribution in [0.3, 0.4) is 0 Å². The fourth-order valence-corrected chi connectivity index (χ4v) is 4.14. The molecule has 2 saturated heterocycles. The van der Waals surface area contributed by atoms with E-state index in [1.165, 1.54) is 24.9 Å². The Morgan fingerprint density at radius 2 is 2.10 bits per heavy atom. The highest BCUT2D eigenvalue weighted by molar-refractivity contribution is 5.26. The van der Waals surface area contributed by atoms with Gasteiger partial charge in [0.05, 0.1) is 11.6 Å². The van der Waals surface area contributed by atoms with Gasteiger partial charge in [0.2, 0.25) is 0 Å². The van der Waals surface area contributed by atoms with Crippen molar-refractivity contribution < 1.29 is 0 Å². The third-order valence-corrected chi connectivity index (χ3v) is 4.99. The first-order valence-electron chi connectivity index (χ1n) is 8.15. The molecule has 2 atom stereocenters. The zero-order chi connectivity index (χ0) is 14.9. The standard InChI is InChI=1S/C19H26N2/c1-4-18-19(15-20(18)13-16(2)3)11-8-12-21(19)14-17-9-6-5-7-10-17/h1,5-7,9-10,16,18H,8,11-15H2,2-3H3. The zero-order valence-corrected chi connectivity index (χ0v) is 13.3. The molecule has 2 unspecified atom stereocenters. The Hall–Kier alpha value is -1.30. The fraction of sp³-hybridized carbons (Fsp3) is 0.579. The fourth-order valence-electron chi connectivity index (χ4n) is 4.14. The maximum atomic E-state index is 5.89. The van der Waals surface area contributed by atoms with Crippen LogP contribution in [0.4, 0.5) is 0 Å². The Labute approximate surface area is 129 Å². The van der Waals surface area contributed by atoms with Crippen molar-refractivity contribution in [1.29, 1.82) is 0 Å². The van der Waals surface area contributed by atoms with Gasteiger partial charge in [0.1, 0.15) is 0 Å². The predicted molar refractivity (Wildman–Crippen MR) is 87.8 cm³/mol.